The fourth-order valence-electron chi connectivity index (χ4n) is 4.21. The lowest BCUT2D eigenvalue weighted by molar-refractivity contribution is 0.00300. The Bertz CT molecular complexity index is 288. The van der Waals surface area contributed by atoms with Gasteiger partial charge in [0.2, 0.25) is 0 Å². The summed E-state index contributed by atoms with van der Waals surface area (Å²) < 4.78 is 5.78. The molecule has 3 atom stereocenters. The van der Waals surface area contributed by atoms with Gasteiger partial charge in [0, 0.05) is 37.3 Å². The van der Waals surface area contributed by atoms with Crippen molar-refractivity contribution in [2.24, 2.45) is 0 Å². The van der Waals surface area contributed by atoms with E-state index >= 15 is 0 Å². The summed E-state index contributed by atoms with van der Waals surface area (Å²) in [5, 5.41) is 3.87. The minimum absolute atomic E-state index is 0.422. The Morgan fingerprint density at radius 1 is 1.17 bits per heavy atom. The third kappa shape index (κ3) is 2.33. The average molecular weight is 252 g/mol. The largest absolute Gasteiger partial charge is 0.377 e. The van der Waals surface area contributed by atoms with Gasteiger partial charge in [-0.1, -0.05) is 19.3 Å². The molecule has 3 nitrogen and oxygen atoms in total. The molecule has 0 bridgehead atoms. The SMILES string of the molecule is CC1OCCC1N1CC2(CCCCC2)NCC1C. The molecule has 1 saturated carbocycles. The molecule has 2 aliphatic heterocycles. The molecule has 3 aliphatic rings. The standard InChI is InChI=1S/C15H28N2O/c1-12-10-16-15(7-4-3-5-8-15)11-17(12)14-6-9-18-13(14)2/h12-14,16H,3-11H2,1-2H3. The van der Waals surface area contributed by atoms with E-state index in [0.29, 0.717) is 23.7 Å². The Morgan fingerprint density at radius 2 is 1.94 bits per heavy atom. The number of rotatable bonds is 1. The molecular weight excluding hydrogens is 224 g/mol. The smallest absolute Gasteiger partial charge is 0.0703 e. The summed E-state index contributed by atoms with van der Waals surface area (Å²) in [6.07, 6.45) is 8.64. The monoisotopic (exact) mass is 252 g/mol. The van der Waals surface area contributed by atoms with Gasteiger partial charge in [0.05, 0.1) is 6.10 Å². The highest BCUT2D eigenvalue weighted by molar-refractivity contribution is 5.01. The predicted molar refractivity (Wildman–Crippen MR) is 73.8 cm³/mol. The zero-order valence-electron chi connectivity index (χ0n) is 12.0. The van der Waals surface area contributed by atoms with Crippen molar-refractivity contribution in [1.82, 2.24) is 10.2 Å². The topological polar surface area (TPSA) is 24.5 Å². The highest BCUT2D eigenvalue weighted by Crippen LogP contribution is 2.34. The molecule has 1 spiro atoms. The normalized spacial score (nSPS) is 41.3. The predicted octanol–water partition coefficient (Wildman–Crippen LogP) is 2.16. The first-order chi connectivity index (χ1) is 8.70. The first-order valence-corrected chi connectivity index (χ1v) is 7.83. The molecule has 0 aromatic carbocycles. The second-order valence-corrected chi connectivity index (χ2v) is 6.68. The van der Waals surface area contributed by atoms with Crippen LogP contribution in [0.2, 0.25) is 0 Å². The molecule has 2 saturated heterocycles. The van der Waals surface area contributed by atoms with Crippen LogP contribution in [-0.4, -0.2) is 48.3 Å². The van der Waals surface area contributed by atoms with Crippen LogP contribution in [0.1, 0.15) is 52.4 Å². The van der Waals surface area contributed by atoms with Gasteiger partial charge >= 0.3 is 0 Å². The molecule has 1 N–H and O–H groups in total. The van der Waals surface area contributed by atoms with Crippen molar-refractivity contribution < 1.29 is 4.74 Å². The van der Waals surface area contributed by atoms with Crippen molar-refractivity contribution in [3.05, 3.63) is 0 Å². The molecule has 1 aliphatic carbocycles. The first-order valence-electron chi connectivity index (χ1n) is 7.83. The lowest BCUT2D eigenvalue weighted by Crippen LogP contribution is -2.66. The molecule has 2 heterocycles. The maximum Gasteiger partial charge on any atom is 0.0703 e. The van der Waals surface area contributed by atoms with E-state index in [4.69, 9.17) is 4.74 Å². The van der Waals surface area contributed by atoms with E-state index in [1.807, 2.05) is 0 Å². The summed E-state index contributed by atoms with van der Waals surface area (Å²) in [4.78, 5) is 2.75. The molecular formula is C15H28N2O. The van der Waals surface area contributed by atoms with Crippen LogP contribution in [-0.2, 0) is 4.74 Å². The van der Waals surface area contributed by atoms with Gasteiger partial charge in [-0.3, -0.25) is 4.90 Å². The van der Waals surface area contributed by atoms with Crippen LogP contribution >= 0.6 is 0 Å². The van der Waals surface area contributed by atoms with E-state index in [1.54, 1.807) is 0 Å². The van der Waals surface area contributed by atoms with Crippen molar-refractivity contribution in [1.29, 1.82) is 0 Å². The number of piperazine rings is 1. The van der Waals surface area contributed by atoms with Gasteiger partial charge in [0.25, 0.3) is 0 Å². The van der Waals surface area contributed by atoms with Crippen molar-refractivity contribution in [3.63, 3.8) is 0 Å². The van der Waals surface area contributed by atoms with Crippen molar-refractivity contribution >= 4 is 0 Å². The Morgan fingerprint density at radius 3 is 2.61 bits per heavy atom. The van der Waals surface area contributed by atoms with E-state index in [9.17, 15) is 0 Å². The maximum atomic E-state index is 5.78. The van der Waals surface area contributed by atoms with Crippen molar-refractivity contribution in [2.75, 3.05) is 19.7 Å². The van der Waals surface area contributed by atoms with Gasteiger partial charge in [0.1, 0.15) is 0 Å². The lowest BCUT2D eigenvalue weighted by Gasteiger charge is -2.51. The Hall–Kier alpha value is -0.120. The number of nitrogens with zero attached hydrogens (tertiary/aromatic N) is 1. The molecule has 0 aromatic heterocycles. The van der Waals surface area contributed by atoms with Crippen LogP contribution in [0.15, 0.2) is 0 Å². The van der Waals surface area contributed by atoms with Crippen LogP contribution in [0.4, 0.5) is 0 Å². The van der Waals surface area contributed by atoms with Crippen molar-refractivity contribution in [2.45, 2.75) is 76.1 Å². The number of nitrogens with one attached hydrogen (secondary N) is 1. The van der Waals surface area contributed by atoms with Gasteiger partial charge in [-0.25, -0.2) is 0 Å². The minimum Gasteiger partial charge on any atom is -0.377 e. The fraction of sp³-hybridized carbons (Fsp3) is 1.00. The van der Waals surface area contributed by atoms with Gasteiger partial charge in [0.15, 0.2) is 0 Å². The second-order valence-electron chi connectivity index (χ2n) is 6.68. The third-order valence-electron chi connectivity index (χ3n) is 5.40. The van der Waals surface area contributed by atoms with Crippen LogP contribution in [0.5, 0.6) is 0 Å². The zero-order valence-corrected chi connectivity index (χ0v) is 12.0. The van der Waals surface area contributed by atoms with Crippen LogP contribution in [0, 0.1) is 0 Å². The van der Waals surface area contributed by atoms with Gasteiger partial charge in [-0.05, 0) is 33.1 Å². The molecule has 3 fully saturated rings. The molecule has 0 amide bonds. The first kappa shape index (κ1) is 12.9. The minimum atomic E-state index is 0.422. The maximum absolute atomic E-state index is 5.78. The summed E-state index contributed by atoms with van der Waals surface area (Å²) in [7, 11) is 0. The van der Waals surface area contributed by atoms with Gasteiger partial charge in [-0.2, -0.15) is 0 Å². The second kappa shape index (κ2) is 5.10. The lowest BCUT2D eigenvalue weighted by atomic mass is 9.79. The molecule has 18 heavy (non-hydrogen) atoms. The van der Waals surface area contributed by atoms with E-state index < -0.39 is 0 Å². The summed E-state index contributed by atoms with van der Waals surface area (Å²) in [5.74, 6) is 0. The number of hydrogen-bond donors (Lipinski definition) is 1. The Balaban J connectivity index is 1.72. The number of ether oxygens (including phenoxy) is 1. The molecule has 0 aromatic rings. The fourth-order valence-corrected chi connectivity index (χ4v) is 4.21. The Labute approximate surface area is 111 Å². The molecule has 3 unspecified atom stereocenters. The summed E-state index contributed by atoms with van der Waals surface area (Å²) >= 11 is 0. The summed E-state index contributed by atoms with van der Waals surface area (Å²) in [6, 6.07) is 1.31. The highest BCUT2D eigenvalue weighted by atomic mass is 16.5. The van der Waals surface area contributed by atoms with Gasteiger partial charge < -0.3 is 10.1 Å². The van der Waals surface area contributed by atoms with E-state index in [1.165, 1.54) is 45.1 Å². The number of hydrogen-bond acceptors (Lipinski definition) is 3. The Kier molecular flexibility index (Phi) is 3.65. The van der Waals surface area contributed by atoms with Crippen LogP contribution < -0.4 is 5.32 Å². The average Bonchev–Trinajstić information content (AvgIpc) is 2.80. The third-order valence-corrected chi connectivity index (χ3v) is 5.40. The van der Waals surface area contributed by atoms with Crippen LogP contribution in [0.25, 0.3) is 0 Å². The molecule has 3 heteroatoms. The molecule has 3 rings (SSSR count). The summed E-state index contributed by atoms with van der Waals surface area (Å²) in [6.45, 7) is 7.97. The van der Waals surface area contributed by atoms with E-state index in [0.717, 1.165) is 13.2 Å². The van der Waals surface area contributed by atoms with Gasteiger partial charge in [-0.15, -0.1) is 0 Å². The van der Waals surface area contributed by atoms with E-state index in [-0.39, 0.29) is 0 Å². The highest BCUT2D eigenvalue weighted by Gasteiger charge is 2.43. The van der Waals surface area contributed by atoms with E-state index in [2.05, 4.69) is 24.1 Å². The molecule has 0 radical (unpaired) electrons. The summed E-state index contributed by atoms with van der Waals surface area (Å²) in [5.41, 5.74) is 0.424. The quantitative estimate of drug-likeness (QED) is 0.774. The van der Waals surface area contributed by atoms with Crippen molar-refractivity contribution in [3.8, 4) is 0 Å². The van der Waals surface area contributed by atoms with Crippen LogP contribution in [0.3, 0.4) is 0 Å². The zero-order chi connectivity index (χ0) is 12.6. The molecule has 104 valence electrons.